The van der Waals surface area contributed by atoms with Crippen LogP contribution in [0.1, 0.15) is 6.42 Å². The number of nitrogen functional groups attached to an aromatic ring is 1. The van der Waals surface area contributed by atoms with E-state index in [2.05, 4.69) is 10.3 Å². The number of hydrogen-bond acceptors (Lipinski definition) is 4. The topological polar surface area (TPSA) is 82.2 Å². The molecule has 0 saturated heterocycles. The largest absolute Gasteiger partial charge is 0.383 e. The predicted molar refractivity (Wildman–Crippen MR) is 73.6 cm³/mol. The van der Waals surface area contributed by atoms with E-state index in [1.807, 2.05) is 28.8 Å². The minimum Gasteiger partial charge on any atom is -0.383 e. The number of anilines is 1. The molecule has 0 radical (unpaired) electrons. The Labute approximate surface area is 111 Å². The Morgan fingerprint density at radius 3 is 3.05 bits per heavy atom. The standard InChI is InChI=1S/C13H18N4O2/c1-19-9-7-15-12(18)6-8-17-11-5-3-2-4-10(11)16-13(17)14/h2-5H,6-9H2,1H3,(H2,14,16)(H,15,18). The number of nitrogens with two attached hydrogens (primary N) is 1. The summed E-state index contributed by atoms with van der Waals surface area (Å²) >= 11 is 0. The van der Waals surface area contributed by atoms with Gasteiger partial charge in [0.25, 0.3) is 0 Å². The van der Waals surface area contributed by atoms with Crippen LogP contribution < -0.4 is 11.1 Å². The van der Waals surface area contributed by atoms with Crippen molar-refractivity contribution in [1.82, 2.24) is 14.9 Å². The van der Waals surface area contributed by atoms with E-state index in [4.69, 9.17) is 10.5 Å². The number of aromatic nitrogens is 2. The van der Waals surface area contributed by atoms with Gasteiger partial charge in [-0.05, 0) is 12.1 Å². The number of aryl methyl sites for hydroxylation is 1. The van der Waals surface area contributed by atoms with E-state index >= 15 is 0 Å². The Balaban J connectivity index is 1.98. The molecule has 0 unspecified atom stereocenters. The monoisotopic (exact) mass is 262 g/mol. The van der Waals surface area contributed by atoms with Gasteiger partial charge >= 0.3 is 0 Å². The van der Waals surface area contributed by atoms with Gasteiger partial charge in [-0.3, -0.25) is 4.79 Å². The van der Waals surface area contributed by atoms with E-state index in [0.29, 0.717) is 32.1 Å². The molecule has 102 valence electrons. The molecule has 1 heterocycles. The number of imidazole rings is 1. The highest BCUT2D eigenvalue weighted by atomic mass is 16.5. The summed E-state index contributed by atoms with van der Waals surface area (Å²) < 4.78 is 6.72. The Morgan fingerprint density at radius 2 is 2.26 bits per heavy atom. The third-order valence-corrected chi connectivity index (χ3v) is 2.87. The fourth-order valence-corrected chi connectivity index (χ4v) is 1.92. The van der Waals surface area contributed by atoms with Crippen LogP contribution in [0.25, 0.3) is 11.0 Å². The minimum absolute atomic E-state index is 0.0192. The van der Waals surface area contributed by atoms with E-state index in [-0.39, 0.29) is 5.91 Å². The first kappa shape index (κ1) is 13.4. The molecule has 6 nitrogen and oxygen atoms in total. The zero-order valence-electron chi connectivity index (χ0n) is 10.9. The van der Waals surface area contributed by atoms with Crippen molar-refractivity contribution in [3.8, 4) is 0 Å². The maximum absolute atomic E-state index is 11.6. The van der Waals surface area contributed by atoms with Crippen LogP contribution in [0.4, 0.5) is 5.95 Å². The van der Waals surface area contributed by atoms with Crippen molar-refractivity contribution in [3.05, 3.63) is 24.3 Å². The minimum atomic E-state index is -0.0192. The van der Waals surface area contributed by atoms with Gasteiger partial charge < -0.3 is 20.4 Å². The number of carbonyl (C=O) groups excluding carboxylic acids is 1. The van der Waals surface area contributed by atoms with Crippen molar-refractivity contribution < 1.29 is 9.53 Å². The average molecular weight is 262 g/mol. The van der Waals surface area contributed by atoms with E-state index in [1.54, 1.807) is 7.11 Å². The highest BCUT2D eigenvalue weighted by molar-refractivity contribution is 5.79. The van der Waals surface area contributed by atoms with Crippen LogP contribution in [0.3, 0.4) is 0 Å². The van der Waals surface area contributed by atoms with Crippen molar-refractivity contribution in [2.45, 2.75) is 13.0 Å². The lowest BCUT2D eigenvalue weighted by Crippen LogP contribution is -2.27. The number of ether oxygens (including phenoxy) is 1. The number of rotatable bonds is 6. The molecule has 1 aromatic heterocycles. The van der Waals surface area contributed by atoms with E-state index in [9.17, 15) is 4.79 Å². The number of carbonyl (C=O) groups is 1. The van der Waals surface area contributed by atoms with Crippen molar-refractivity contribution >= 4 is 22.9 Å². The second-order valence-corrected chi connectivity index (χ2v) is 4.20. The van der Waals surface area contributed by atoms with Crippen LogP contribution in [0.2, 0.25) is 0 Å². The molecule has 0 aliphatic carbocycles. The summed E-state index contributed by atoms with van der Waals surface area (Å²) in [5.41, 5.74) is 7.66. The number of nitrogens with zero attached hydrogens (tertiary/aromatic N) is 2. The molecule has 2 aromatic rings. The highest BCUT2D eigenvalue weighted by Crippen LogP contribution is 2.17. The number of nitrogens with one attached hydrogen (secondary N) is 1. The van der Waals surface area contributed by atoms with Crippen LogP contribution in [-0.4, -0.2) is 35.7 Å². The van der Waals surface area contributed by atoms with Crippen LogP contribution in [0.15, 0.2) is 24.3 Å². The van der Waals surface area contributed by atoms with Gasteiger partial charge in [0.2, 0.25) is 11.9 Å². The predicted octanol–water partition coefficient (Wildman–Crippen LogP) is 0.771. The summed E-state index contributed by atoms with van der Waals surface area (Å²) in [6.45, 7) is 1.56. The number of benzene rings is 1. The third kappa shape index (κ3) is 3.23. The van der Waals surface area contributed by atoms with Gasteiger partial charge in [-0.2, -0.15) is 0 Å². The van der Waals surface area contributed by atoms with Gasteiger partial charge in [0.15, 0.2) is 0 Å². The highest BCUT2D eigenvalue weighted by Gasteiger charge is 2.08. The number of methoxy groups -OCH3 is 1. The second-order valence-electron chi connectivity index (χ2n) is 4.20. The summed E-state index contributed by atoms with van der Waals surface area (Å²) in [7, 11) is 1.60. The average Bonchev–Trinajstić information content (AvgIpc) is 2.72. The molecule has 0 aliphatic heterocycles. The Hall–Kier alpha value is -2.08. The quantitative estimate of drug-likeness (QED) is 0.753. The maximum Gasteiger partial charge on any atom is 0.221 e. The molecule has 0 aliphatic rings. The first-order chi connectivity index (χ1) is 9.22. The fraction of sp³-hybridized carbons (Fsp3) is 0.385. The third-order valence-electron chi connectivity index (χ3n) is 2.87. The molecule has 0 spiro atoms. The molecule has 0 fully saturated rings. The van der Waals surface area contributed by atoms with Gasteiger partial charge in [-0.15, -0.1) is 0 Å². The van der Waals surface area contributed by atoms with Gasteiger partial charge in [-0.1, -0.05) is 12.1 Å². The number of hydrogen-bond donors (Lipinski definition) is 2. The van der Waals surface area contributed by atoms with Crippen LogP contribution in [0.5, 0.6) is 0 Å². The lowest BCUT2D eigenvalue weighted by Gasteiger charge is -2.07. The SMILES string of the molecule is COCCNC(=O)CCn1c(N)nc2ccccc21. The number of fused-ring (bicyclic) bond motifs is 1. The molecule has 19 heavy (non-hydrogen) atoms. The normalized spacial score (nSPS) is 10.8. The summed E-state index contributed by atoms with van der Waals surface area (Å²) in [6, 6.07) is 7.69. The van der Waals surface area contributed by atoms with Crippen molar-refractivity contribution in [1.29, 1.82) is 0 Å². The summed E-state index contributed by atoms with van der Waals surface area (Å²) in [4.78, 5) is 15.9. The Kier molecular flexibility index (Phi) is 4.35. The first-order valence-electron chi connectivity index (χ1n) is 6.18. The lowest BCUT2D eigenvalue weighted by atomic mass is 10.3. The van der Waals surface area contributed by atoms with E-state index < -0.39 is 0 Å². The molecular formula is C13H18N4O2. The summed E-state index contributed by atoms with van der Waals surface area (Å²) in [5, 5.41) is 2.78. The zero-order chi connectivity index (χ0) is 13.7. The second kappa shape index (κ2) is 6.19. The lowest BCUT2D eigenvalue weighted by molar-refractivity contribution is -0.121. The Bertz CT molecular complexity index is 565. The van der Waals surface area contributed by atoms with Crippen LogP contribution >= 0.6 is 0 Å². The molecule has 6 heteroatoms. The zero-order valence-corrected chi connectivity index (χ0v) is 10.9. The molecule has 3 N–H and O–H groups in total. The van der Waals surface area contributed by atoms with E-state index in [0.717, 1.165) is 11.0 Å². The van der Waals surface area contributed by atoms with Gasteiger partial charge in [-0.25, -0.2) is 4.98 Å². The molecule has 0 saturated carbocycles. The van der Waals surface area contributed by atoms with Crippen molar-refractivity contribution in [3.63, 3.8) is 0 Å². The van der Waals surface area contributed by atoms with Crippen molar-refractivity contribution in [2.75, 3.05) is 26.0 Å². The summed E-state index contributed by atoms with van der Waals surface area (Å²) in [5.74, 6) is 0.417. The molecule has 1 aromatic carbocycles. The number of amides is 1. The maximum atomic E-state index is 11.6. The molecule has 2 rings (SSSR count). The summed E-state index contributed by atoms with van der Waals surface area (Å²) in [6.07, 6.45) is 0.369. The Morgan fingerprint density at radius 1 is 1.47 bits per heavy atom. The van der Waals surface area contributed by atoms with Crippen LogP contribution in [0, 0.1) is 0 Å². The molecule has 0 atom stereocenters. The van der Waals surface area contributed by atoms with Gasteiger partial charge in [0.1, 0.15) is 0 Å². The number of para-hydroxylation sites is 2. The molecular weight excluding hydrogens is 244 g/mol. The first-order valence-corrected chi connectivity index (χ1v) is 6.18. The molecule has 0 bridgehead atoms. The van der Waals surface area contributed by atoms with Gasteiger partial charge in [0.05, 0.1) is 17.6 Å². The van der Waals surface area contributed by atoms with Crippen molar-refractivity contribution in [2.24, 2.45) is 0 Å². The van der Waals surface area contributed by atoms with E-state index in [1.165, 1.54) is 0 Å². The fourth-order valence-electron chi connectivity index (χ4n) is 1.92. The van der Waals surface area contributed by atoms with Crippen LogP contribution in [-0.2, 0) is 16.1 Å². The smallest absolute Gasteiger partial charge is 0.221 e. The molecule has 1 amide bonds. The van der Waals surface area contributed by atoms with Gasteiger partial charge in [0, 0.05) is 26.6 Å².